The van der Waals surface area contributed by atoms with Crippen molar-refractivity contribution in [1.82, 2.24) is 14.7 Å². The number of methoxy groups -OCH3 is 1. The van der Waals surface area contributed by atoms with Crippen LogP contribution in [0.25, 0.3) is 0 Å². The summed E-state index contributed by atoms with van der Waals surface area (Å²) in [5.41, 5.74) is 1.13. The Bertz CT molecular complexity index is 366. The molecule has 1 atom stereocenters. The van der Waals surface area contributed by atoms with Crippen molar-refractivity contribution in [2.45, 2.75) is 38.8 Å². The molecular weight excluding hydrogens is 240 g/mol. The number of ether oxygens (including phenoxy) is 1. The first-order valence-electron chi connectivity index (χ1n) is 7.32. The lowest BCUT2D eigenvalue weighted by Gasteiger charge is -2.18. The molecule has 0 radical (unpaired) electrons. The molecule has 1 N–H and O–H groups in total. The van der Waals surface area contributed by atoms with Gasteiger partial charge in [-0.25, -0.2) is 0 Å². The monoisotopic (exact) mass is 266 g/mol. The van der Waals surface area contributed by atoms with Crippen LogP contribution in [0.15, 0.2) is 12.4 Å². The second kappa shape index (κ2) is 7.50. The molecule has 1 saturated heterocycles. The Labute approximate surface area is 115 Å². The number of rotatable bonds is 6. The molecule has 1 unspecified atom stereocenters. The first-order chi connectivity index (χ1) is 9.31. The van der Waals surface area contributed by atoms with E-state index < -0.39 is 0 Å². The second-order valence-electron chi connectivity index (χ2n) is 5.19. The molecule has 1 aromatic rings. The normalized spacial score (nSPS) is 21.3. The lowest BCUT2D eigenvalue weighted by atomic mass is 10.1. The van der Waals surface area contributed by atoms with Gasteiger partial charge in [0.2, 0.25) is 0 Å². The van der Waals surface area contributed by atoms with Crippen LogP contribution < -0.4 is 5.32 Å². The smallest absolute Gasteiger partial charge is 0.0728 e. The van der Waals surface area contributed by atoms with Crippen molar-refractivity contribution < 1.29 is 4.74 Å². The van der Waals surface area contributed by atoms with Gasteiger partial charge in [0.25, 0.3) is 0 Å². The van der Waals surface area contributed by atoms with Crippen molar-refractivity contribution in [3.63, 3.8) is 0 Å². The molecule has 0 spiro atoms. The van der Waals surface area contributed by atoms with E-state index >= 15 is 0 Å². The third kappa shape index (κ3) is 4.51. The summed E-state index contributed by atoms with van der Waals surface area (Å²) in [6.45, 7) is 7.37. The number of nitrogens with zero attached hydrogens (tertiary/aromatic N) is 3. The van der Waals surface area contributed by atoms with Crippen LogP contribution in [0.4, 0.5) is 5.69 Å². The van der Waals surface area contributed by atoms with Crippen molar-refractivity contribution >= 4 is 5.69 Å². The Balaban J connectivity index is 1.81. The van der Waals surface area contributed by atoms with Gasteiger partial charge in [-0.05, 0) is 32.4 Å². The number of hydrogen-bond acceptors (Lipinski definition) is 4. The summed E-state index contributed by atoms with van der Waals surface area (Å²) in [5, 5.41) is 7.95. The number of aromatic nitrogens is 2. The zero-order valence-corrected chi connectivity index (χ0v) is 12.1. The minimum atomic E-state index is 0.580. The quantitative estimate of drug-likeness (QED) is 0.853. The topological polar surface area (TPSA) is 42.3 Å². The predicted octanol–water partition coefficient (Wildman–Crippen LogP) is 1.82. The molecule has 0 amide bonds. The average Bonchev–Trinajstić information content (AvgIpc) is 2.74. The van der Waals surface area contributed by atoms with E-state index in [1.807, 2.05) is 10.9 Å². The maximum absolute atomic E-state index is 5.06. The number of hydrogen-bond donors (Lipinski definition) is 1. The lowest BCUT2D eigenvalue weighted by Crippen LogP contribution is -2.26. The van der Waals surface area contributed by atoms with E-state index in [0.29, 0.717) is 12.6 Å². The van der Waals surface area contributed by atoms with Gasteiger partial charge in [0.05, 0.1) is 25.0 Å². The molecule has 1 aliphatic rings. The molecule has 1 fully saturated rings. The number of nitrogens with one attached hydrogen (secondary N) is 1. The molecule has 108 valence electrons. The molecule has 0 aliphatic carbocycles. The Morgan fingerprint density at radius 2 is 2.32 bits per heavy atom. The van der Waals surface area contributed by atoms with Crippen LogP contribution >= 0.6 is 0 Å². The van der Waals surface area contributed by atoms with Crippen molar-refractivity contribution in [2.75, 3.05) is 38.7 Å². The van der Waals surface area contributed by atoms with E-state index in [1.165, 1.54) is 38.9 Å². The van der Waals surface area contributed by atoms with Gasteiger partial charge in [-0.15, -0.1) is 0 Å². The molecule has 2 rings (SSSR count). The molecule has 2 heterocycles. The fraction of sp³-hybridized carbons (Fsp3) is 0.786. The standard InChI is InChI=1S/C14H26N4O/c1-3-17-7-4-5-13(6-8-17)16-14-11-15-18(12-14)9-10-19-2/h11-13,16H,3-10H2,1-2H3. The van der Waals surface area contributed by atoms with Gasteiger partial charge >= 0.3 is 0 Å². The summed E-state index contributed by atoms with van der Waals surface area (Å²) in [5.74, 6) is 0. The van der Waals surface area contributed by atoms with Crippen LogP contribution in [-0.4, -0.2) is 54.1 Å². The molecule has 1 aliphatic heterocycles. The number of anilines is 1. The fourth-order valence-electron chi connectivity index (χ4n) is 2.60. The van der Waals surface area contributed by atoms with Gasteiger partial charge in [-0.1, -0.05) is 6.92 Å². The molecule has 5 heteroatoms. The van der Waals surface area contributed by atoms with Gasteiger partial charge in [0.15, 0.2) is 0 Å². The summed E-state index contributed by atoms with van der Waals surface area (Å²) in [6, 6.07) is 0.580. The molecule has 1 aromatic heterocycles. The van der Waals surface area contributed by atoms with Crippen LogP contribution in [0.1, 0.15) is 26.2 Å². The van der Waals surface area contributed by atoms with Crippen LogP contribution in [0, 0.1) is 0 Å². The summed E-state index contributed by atoms with van der Waals surface area (Å²) < 4.78 is 6.99. The SMILES string of the molecule is CCN1CCCC(Nc2cnn(CCOC)c2)CC1. The summed E-state index contributed by atoms with van der Waals surface area (Å²) in [6.07, 6.45) is 7.74. The van der Waals surface area contributed by atoms with E-state index in [2.05, 4.69) is 28.4 Å². The van der Waals surface area contributed by atoms with Crippen molar-refractivity contribution in [3.8, 4) is 0 Å². The maximum Gasteiger partial charge on any atom is 0.0728 e. The Kier molecular flexibility index (Phi) is 5.66. The van der Waals surface area contributed by atoms with Gasteiger partial charge in [-0.2, -0.15) is 5.10 Å². The highest BCUT2D eigenvalue weighted by Gasteiger charge is 2.16. The van der Waals surface area contributed by atoms with Gasteiger partial charge in [0.1, 0.15) is 0 Å². The zero-order chi connectivity index (χ0) is 13.5. The second-order valence-corrected chi connectivity index (χ2v) is 5.19. The highest BCUT2D eigenvalue weighted by Crippen LogP contribution is 2.16. The summed E-state index contributed by atoms with van der Waals surface area (Å²) >= 11 is 0. The van der Waals surface area contributed by atoms with E-state index in [-0.39, 0.29) is 0 Å². The fourth-order valence-corrected chi connectivity index (χ4v) is 2.60. The molecule has 0 aromatic carbocycles. The summed E-state index contributed by atoms with van der Waals surface area (Å²) in [4.78, 5) is 2.53. The molecule has 0 saturated carbocycles. The number of likely N-dealkylation sites (tertiary alicyclic amines) is 1. The molecular formula is C14H26N4O. The molecule has 5 nitrogen and oxygen atoms in total. The molecule has 19 heavy (non-hydrogen) atoms. The highest BCUT2D eigenvalue weighted by molar-refractivity contribution is 5.39. The summed E-state index contributed by atoms with van der Waals surface area (Å²) in [7, 11) is 1.72. The van der Waals surface area contributed by atoms with E-state index in [0.717, 1.165) is 12.2 Å². The van der Waals surface area contributed by atoms with Crippen molar-refractivity contribution in [2.24, 2.45) is 0 Å². The largest absolute Gasteiger partial charge is 0.383 e. The Morgan fingerprint density at radius 1 is 1.42 bits per heavy atom. The van der Waals surface area contributed by atoms with E-state index in [1.54, 1.807) is 7.11 Å². The highest BCUT2D eigenvalue weighted by atomic mass is 16.5. The van der Waals surface area contributed by atoms with Crippen LogP contribution in [0.2, 0.25) is 0 Å². The van der Waals surface area contributed by atoms with E-state index in [4.69, 9.17) is 4.74 Å². The Hall–Kier alpha value is -1.07. The minimum absolute atomic E-state index is 0.580. The van der Waals surface area contributed by atoms with Gasteiger partial charge in [-0.3, -0.25) is 4.68 Å². The lowest BCUT2D eigenvalue weighted by molar-refractivity contribution is 0.183. The third-order valence-electron chi connectivity index (χ3n) is 3.80. The minimum Gasteiger partial charge on any atom is -0.383 e. The zero-order valence-electron chi connectivity index (χ0n) is 12.1. The van der Waals surface area contributed by atoms with Crippen LogP contribution in [-0.2, 0) is 11.3 Å². The van der Waals surface area contributed by atoms with Crippen LogP contribution in [0.5, 0.6) is 0 Å². The predicted molar refractivity (Wildman–Crippen MR) is 77.5 cm³/mol. The van der Waals surface area contributed by atoms with Gasteiger partial charge < -0.3 is 15.0 Å². The first-order valence-corrected chi connectivity index (χ1v) is 7.32. The molecule has 0 bridgehead atoms. The first kappa shape index (κ1) is 14.3. The van der Waals surface area contributed by atoms with Gasteiger partial charge in [0, 0.05) is 25.9 Å². The van der Waals surface area contributed by atoms with Crippen LogP contribution in [0.3, 0.4) is 0 Å². The third-order valence-corrected chi connectivity index (χ3v) is 3.80. The Morgan fingerprint density at radius 3 is 3.11 bits per heavy atom. The maximum atomic E-state index is 5.06. The van der Waals surface area contributed by atoms with Crippen molar-refractivity contribution in [3.05, 3.63) is 12.4 Å². The van der Waals surface area contributed by atoms with E-state index in [9.17, 15) is 0 Å². The van der Waals surface area contributed by atoms with Crippen molar-refractivity contribution in [1.29, 1.82) is 0 Å². The average molecular weight is 266 g/mol.